The van der Waals surface area contributed by atoms with Crippen molar-refractivity contribution in [3.63, 3.8) is 0 Å². The number of carbonyl (C=O) groups is 1. The molecule has 1 aromatic heterocycles. The normalized spacial score (nSPS) is 11.5. The van der Waals surface area contributed by atoms with E-state index >= 15 is 0 Å². The molecule has 0 amide bonds. The molecule has 0 fully saturated rings. The zero-order chi connectivity index (χ0) is 22.4. The summed E-state index contributed by atoms with van der Waals surface area (Å²) in [6.07, 6.45) is 0. The number of likely N-dealkylation sites (N-methyl/N-ethyl adjacent to an activating group) is 1. The van der Waals surface area contributed by atoms with E-state index in [1.807, 2.05) is 74.5 Å². The van der Waals surface area contributed by atoms with E-state index in [9.17, 15) is 9.18 Å². The van der Waals surface area contributed by atoms with Gasteiger partial charge in [0.2, 0.25) is 0 Å². The first-order chi connectivity index (χ1) is 14.7. The van der Waals surface area contributed by atoms with Crippen molar-refractivity contribution in [3.8, 4) is 27.3 Å². The van der Waals surface area contributed by atoms with E-state index in [0.29, 0.717) is 18.7 Å². The predicted molar refractivity (Wildman–Crippen MR) is 124 cm³/mol. The Labute approximate surface area is 187 Å². The summed E-state index contributed by atoms with van der Waals surface area (Å²) in [5.74, 6) is 0.216. The van der Waals surface area contributed by atoms with Crippen molar-refractivity contribution in [1.82, 2.24) is 4.90 Å². The van der Waals surface area contributed by atoms with Crippen molar-refractivity contribution in [1.29, 1.82) is 0 Å². The van der Waals surface area contributed by atoms with Gasteiger partial charge in [-0.2, -0.15) is 0 Å². The number of carbonyl (C=O) groups excluding carboxylic acids is 1. The zero-order valence-electron chi connectivity index (χ0n) is 18.4. The number of benzene rings is 2. The van der Waals surface area contributed by atoms with Gasteiger partial charge in [0.1, 0.15) is 23.8 Å². The van der Waals surface area contributed by atoms with E-state index in [4.69, 9.17) is 9.47 Å². The molecule has 0 radical (unpaired) electrons. The van der Waals surface area contributed by atoms with Gasteiger partial charge in [-0.05, 0) is 63.0 Å². The summed E-state index contributed by atoms with van der Waals surface area (Å²) in [6.45, 7) is 6.74. The lowest BCUT2D eigenvalue weighted by atomic mass is 10.0. The maximum absolute atomic E-state index is 14.3. The van der Waals surface area contributed by atoms with Crippen molar-refractivity contribution in [2.45, 2.75) is 26.4 Å². The minimum atomic E-state index is -0.496. The molecule has 2 aromatic carbocycles. The predicted octanol–water partition coefficient (Wildman–Crippen LogP) is 5.87. The van der Waals surface area contributed by atoms with E-state index in [0.717, 1.165) is 21.8 Å². The Kier molecular flexibility index (Phi) is 7.46. The van der Waals surface area contributed by atoms with Gasteiger partial charge in [-0.25, -0.2) is 4.39 Å². The fraction of sp³-hybridized carbons (Fsp3) is 0.320. The fourth-order valence-electron chi connectivity index (χ4n) is 3.13. The topological polar surface area (TPSA) is 38.8 Å². The van der Waals surface area contributed by atoms with Crippen molar-refractivity contribution in [2.24, 2.45) is 0 Å². The van der Waals surface area contributed by atoms with E-state index < -0.39 is 5.60 Å². The largest absolute Gasteiger partial charge is 0.492 e. The van der Waals surface area contributed by atoms with Crippen LogP contribution in [0, 0.1) is 5.82 Å². The average molecular weight is 442 g/mol. The maximum Gasteiger partial charge on any atom is 0.320 e. The number of nitrogens with zero attached hydrogens (tertiary/aromatic N) is 1. The third-order valence-electron chi connectivity index (χ3n) is 4.50. The van der Waals surface area contributed by atoms with Crippen LogP contribution in [0.15, 0.2) is 60.0 Å². The minimum absolute atomic E-state index is 0.199. The van der Waals surface area contributed by atoms with Crippen LogP contribution in [0.1, 0.15) is 20.8 Å². The number of rotatable bonds is 8. The average Bonchev–Trinajstić information content (AvgIpc) is 3.21. The van der Waals surface area contributed by atoms with Crippen molar-refractivity contribution < 1.29 is 18.7 Å². The van der Waals surface area contributed by atoms with Crippen LogP contribution in [-0.2, 0) is 9.53 Å². The molecule has 0 bridgehead atoms. The highest BCUT2D eigenvalue weighted by atomic mass is 32.1. The molecule has 0 N–H and O–H groups in total. The third-order valence-corrected chi connectivity index (χ3v) is 5.40. The number of thiophene rings is 1. The van der Waals surface area contributed by atoms with Crippen LogP contribution in [0.3, 0.4) is 0 Å². The molecule has 0 spiro atoms. The van der Waals surface area contributed by atoms with Crippen LogP contribution in [0.5, 0.6) is 5.75 Å². The highest BCUT2D eigenvalue weighted by molar-refractivity contribution is 7.13. The zero-order valence-corrected chi connectivity index (χ0v) is 19.2. The maximum atomic E-state index is 14.3. The molecule has 31 heavy (non-hydrogen) atoms. The van der Waals surface area contributed by atoms with Gasteiger partial charge in [0.05, 0.1) is 6.54 Å². The molecular formula is C25H28FNO3S. The molecule has 0 aliphatic rings. The number of hydrogen-bond acceptors (Lipinski definition) is 5. The van der Waals surface area contributed by atoms with Gasteiger partial charge >= 0.3 is 5.97 Å². The highest BCUT2D eigenvalue weighted by Gasteiger charge is 2.18. The van der Waals surface area contributed by atoms with Crippen molar-refractivity contribution in [2.75, 3.05) is 26.7 Å². The summed E-state index contributed by atoms with van der Waals surface area (Å²) in [6, 6.07) is 16.5. The van der Waals surface area contributed by atoms with E-state index in [-0.39, 0.29) is 18.3 Å². The summed E-state index contributed by atoms with van der Waals surface area (Å²) in [5.41, 5.74) is 1.79. The standard InChI is InChI=1S/C25H28FNO3S/c1-25(2,3)30-24(28)17-27(4)13-14-29-22-12-11-18(19-8-5-6-9-21(19)26)16-20(22)23-10-7-15-31-23/h5-12,15-16H,13-14,17H2,1-4H3. The molecule has 0 unspecified atom stereocenters. The van der Waals surface area contributed by atoms with Crippen LogP contribution in [-0.4, -0.2) is 43.2 Å². The number of hydrogen-bond donors (Lipinski definition) is 0. The molecule has 6 heteroatoms. The number of esters is 1. The van der Waals surface area contributed by atoms with Crippen molar-refractivity contribution in [3.05, 3.63) is 65.8 Å². The molecule has 4 nitrogen and oxygen atoms in total. The molecule has 0 aliphatic heterocycles. The Hall–Kier alpha value is -2.70. The first kappa shape index (κ1) is 23.0. The summed E-state index contributed by atoms with van der Waals surface area (Å²) < 4.78 is 25.7. The summed E-state index contributed by atoms with van der Waals surface area (Å²) in [5, 5.41) is 2.00. The monoisotopic (exact) mass is 441 g/mol. The Bertz CT molecular complexity index is 1010. The van der Waals surface area contributed by atoms with Gasteiger partial charge in [0.25, 0.3) is 0 Å². The Balaban J connectivity index is 1.70. The van der Waals surface area contributed by atoms with Gasteiger partial charge in [-0.3, -0.25) is 9.69 Å². The summed E-state index contributed by atoms with van der Waals surface area (Å²) >= 11 is 1.61. The summed E-state index contributed by atoms with van der Waals surface area (Å²) in [4.78, 5) is 14.9. The lowest BCUT2D eigenvalue weighted by Crippen LogP contribution is -2.34. The molecular weight excluding hydrogens is 413 g/mol. The van der Waals surface area contributed by atoms with Gasteiger partial charge in [-0.1, -0.05) is 30.3 Å². The lowest BCUT2D eigenvalue weighted by Gasteiger charge is -2.22. The smallest absolute Gasteiger partial charge is 0.320 e. The quantitative estimate of drug-likeness (QED) is 0.410. The van der Waals surface area contributed by atoms with Crippen LogP contribution in [0.25, 0.3) is 21.6 Å². The Morgan fingerprint density at radius 1 is 1.06 bits per heavy atom. The van der Waals surface area contributed by atoms with Gasteiger partial charge < -0.3 is 9.47 Å². The van der Waals surface area contributed by atoms with Gasteiger partial charge in [0.15, 0.2) is 0 Å². The van der Waals surface area contributed by atoms with Gasteiger partial charge in [-0.15, -0.1) is 11.3 Å². The molecule has 3 aromatic rings. The third kappa shape index (κ3) is 6.64. The Morgan fingerprint density at radius 2 is 1.84 bits per heavy atom. The molecule has 3 rings (SSSR count). The second kappa shape index (κ2) is 10.1. The second-order valence-electron chi connectivity index (χ2n) is 8.34. The molecule has 0 aliphatic carbocycles. The van der Waals surface area contributed by atoms with Gasteiger partial charge in [0, 0.05) is 22.5 Å². The van der Waals surface area contributed by atoms with Crippen LogP contribution in [0.4, 0.5) is 4.39 Å². The van der Waals surface area contributed by atoms with E-state index in [2.05, 4.69) is 0 Å². The molecule has 1 heterocycles. The Morgan fingerprint density at radius 3 is 2.52 bits per heavy atom. The number of ether oxygens (including phenoxy) is 2. The van der Waals surface area contributed by atoms with Crippen LogP contribution in [0.2, 0.25) is 0 Å². The van der Waals surface area contributed by atoms with E-state index in [1.165, 1.54) is 6.07 Å². The SMILES string of the molecule is CN(CCOc1ccc(-c2ccccc2F)cc1-c1cccs1)CC(=O)OC(C)(C)C. The van der Waals surface area contributed by atoms with Crippen LogP contribution >= 0.6 is 11.3 Å². The fourth-order valence-corrected chi connectivity index (χ4v) is 3.88. The van der Waals surface area contributed by atoms with E-state index in [1.54, 1.807) is 23.5 Å². The second-order valence-corrected chi connectivity index (χ2v) is 9.29. The number of halogens is 1. The lowest BCUT2D eigenvalue weighted by molar-refractivity contribution is -0.155. The molecule has 0 saturated heterocycles. The first-order valence-electron chi connectivity index (χ1n) is 10.2. The minimum Gasteiger partial charge on any atom is -0.492 e. The molecule has 164 valence electrons. The molecule has 0 saturated carbocycles. The first-order valence-corrected chi connectivity index (χ1v) is 11.1. The highest BCUT2D eigenvalue weighted by Crippen LogP contribution is 2.37. The van der Waals surface area contributed by atoms with Crippen molar-refractivity contribution >= 4 is 17.3 Å². The van der Waals surface area contributed by atoms with Crippen LogP contribution < -0.4 is 4.74 Å². The molecule has 0 atom stereocenters. The summed E-state index contributed by atoms with van der Waals surface area (Å²) in [7, 11) is 1.86.